The molecule has 0 saturated carbocycles. The van der Waals surface area contributed by atoms with E-state index in [1.807, 2.05) is 28.1 Å². The average Bonchev–Trinajstić information content (AvgIpc) is 3.82. The molecule has 0 fully saturated rings. The summed E-state index contributed by atoms with van der Waals surface area (Å²) in [6, 6.07) is 56.2. The Morgan fingerprint density at radius 2 is 0.679 bits per heavy atom. The van der Waals surface area contributed by atoms with Crippen LogP contribution in [0.2, 0.25) is 0 Å². The molecule has 3 amide bonds. The number of aromatic nitrogens is 2. The summed E-state index contributed by atoms with van der Waals surface area (Å²) in [5, 5.41) is 37.5. The number of ketones is 3. The van der Waals surface area contributed by atoms with Crippen molar-refractivity contribution in [3.05, 3.63) is 180 Å². The second-order valence-electron chi connectivity index (χ2n) is 19.5. The predicted molar refractivity (Wildman–Crippen MR) is 296 cm³/mol. The van der Waals surface area contributed by atoms with E-state index in [-0.39, 0.29) is 30.9 Å². The zero-order valence-corrected chi connectivity index (χ0v) is 47.7. The van der Waals surface area contributed by atoms with Crippen LogP contribution in [0.15, 0.2) is 158 Å². The summed E-state index contributed by atoms with van der Waals surface area (Å²) in [7, 11) is 0. The number of carbonyl (C=O) groups excluding carboxylic acids is 9. The fourth-order valence-corrected chi connectivity index (χ4v) is 9.01. The molecule has 10 rings (SSSR count). The fourth-order valence-electron chi connectivity index (χ4n) is 9.01. The van der Waals surface area contributed by atoms with E-state index in [4.69, 9.17) is 9.97 Å². The van der Waals surface area contributed by atoms with Crippen LogP contribution in [-0.4, -0.2) is 82.6 Å². The molecule has 2 aromatic heterocycles. The standard InChI is InChI=1S/2C24H19N.3C5H7NO4.Ir/c2*1-24(2)20-9-5-4-8-18(20)19-13-11-17(15-21(19)24)23-14-12-16-7-3-6-10-22(16)25-23;3*1-3(7)6-2-4(8)5(9)10;/h2*3-15H,1-2H3;3*2H2,1H3,(H,6,7)(H,9,10);/q;;;;;+3/p-3. The molecule has 414 valence electrons. The van der Waals surface area contributed by atoms with Gasteiger partial charge in [-0.15, -0.1) is 0 Å². The van der Waals surface area contributed by atoms with Gasteiger partial charge in [0.15, 0.2) is 17.3 Å². The van der Waals surface area contributed by atoms with E-state index in [0.717, 1.165) is 22.4 Å². The van der Waals surface area contributed by atoms with Gasteiger partial charge in [0.05, 0.1) is 42.1 Å². The van der Waals surface area contributed by atoms with Gasteiger partial charge in [-0.1, -0.05) is 149 Å². The first-order chi connectivity index (χ1) is 37.9. The smallest absolute Gasteiger partial charge is 0.542 e. The van der Waals surface area contributed by atoms with Crippen molar-refractivity contribution in [3.8, 4) is 44.8 Å². The van der Waals surface area contributed by atoms with Crippen LogP contribution in [0.3, 0.4) is 0 Å². The number of benzene rings is 6. The number of nitrogens with one attached hydrogen (secondary N) is 3. The van der Waals surface area contributed by atoms with Crippen molar-refractivity contribution >= 4 is 74.8 Å². The molecule has 3 N–H and O–H groups in total. The fraction of sp³-hybridized carbons (Fsp3) is 0.190. The number of nitrogens with zero attached hydrogens (tertiary/aromatic N) is 2. The molecule has 2 aliphatic rings. The molecule has 17 nitrogen and oxygen atoms in total. The van der Waals surface area contributed by atoms with Gasteiger partial charge in [0.25, 0.3) is 0 Å². The number of carbonyl (C=O) groups is 9. The van der Waals surface area contributed by atoms with Gasteiger partial charge in [0.1, 0.15) is 17.9 Å². The number of amides is 3. The molecule has 0 saturated heterocycles. The molecule has 0 radical (unpaired) electrons. The topological polar surface area (TPSA) is 285 Å². The van der Waals surface area contributed by atoms with Crippen LogP contribution in [0.5, 0.6) is 0 Å². The van der Waals surface area contributed by atoms with Gasteiger partial charge in [-0.3, -0.25) is 28.8 Å². The number of carboxylic acid groups (broad SMARTS) is 3. The quantitative estimate of drug-likeness (QED) is 0.148. The van der Waals surface area contributed by atoms with Crippen molar-refractivity contribution in [1.29, 1.82) is 0 Å². The van der Waals surface area contributed by atoms with E-state index in [2.05, 4.69) is 173 Å². The number of rotatable bonds is 11. The molecule has 2 heterocycles. The van der Waals surface area contributed by atoms with Crippen molar-refractivity contribution in [1.82, 2.24) is 25.9 Å². The van der Waals surface area contributed by atoms with E-state index in [0.29, 0.717) is 0 Å². The van der Waals surface area contributed by atoms with E-state index in [1.165, 1.54) is 87.2 Å². The van der Waals surface area contributed by atoms with Gasteiger partial charge in [-0.2, -0.15) is 0 Å². The molecule has 0 unspecified atom stereocenters. The van der Waals surface area contributed by atoms with Gasteiger partial charge in [0.2, 0.25) is 17.7 Å². The molecule has 0 atom stereocenters. The Morgan fingerprint density at radius 1 is 0.383 bits per heavy atom. The van der Waals surface area contributed by atoms with Crippen LogP contribution in [0.4, 0.5) is 0 Å². The van der Waals surface area contributed by atoms with Gasteiger partial charge < -0.3 is 45.7 Å². The minimum atomic E-state index is -1.78. The zero-order chi connectivity index (χ0) is 58.5. The van der Waals surface area contributed by atoms with E-state index < -0.39 is 72.6 Å². The van der Waals surface area contributed by atoms with Crippen molar-refractivity contribution in [2.24, 2.45) is 0 Å². The number of Topliss-reactive ketones (excluding diaryl/α,β-unsaturated/α-hetero) is 3. The third-order valence-corrected chi connectivity index (χ3v) is 13.1. The second-order valence-corrected chi connectivity index (χ2v) is 19.5. The van der Waals surface area contributed by atoms with Gasteiger partial charge in [-0.05, 0) is 80.9 Å². The number of hydrogen-bond acceptors (Lipinski definition) is 14. The van der Waals surface area contributed by atoms with Crippen molar-refractivity contribution in [2.75, 3.05) is 19.6 Å². The van der Waals surface area contributed by atoms with Crippen LogP contribution in [0, 0.1) is 0 Å². The van der Waals surface area contributed by atoms with Crippen LogP contribution < -0.4 is 31.3 Å². The van der Waals surface area contributed by atoms with Gasteiger partial charge in [-0.25, -0.2) is 9.97 Å². The Balaban J connectivity index is 0.000000201. The summed E-state index contributed by atoms with van der Waals surface area (Å²) in [6.07, 6.45) is 0. The molecule has 0 spiro atoms. The molecule has 0 aliphatic heterocycles. The Labute approximate surface area is 480 Å². The van der Waals surface area contributed by atoms with Gasteiger partial charge >= 0.3 is 20.1 Å². The van der Waals surface area contributed by atoms with E-state index in [9.17, 15) is 58.5 Å². The van der Waals surface area contributed by atoms with E-state index in [1.54, 1.807) is 0 Å². The van der Waals surface area contributed by atoms with Crippen molar-refractivity contribution in [3.63, 3.8) is 0 Å². The Morgan fingerprint density at radius 3 is 1.00 bits per heavy atom. The third kappa shape index (κ3) is 15.7. The summed E-state index contributed by atoms with van der Waals surface area (Å²) < 4.78 is 0. The van der Waals surface area contributed by atoms with Crippen LogP contribution in [0.25, 0.3) is 66.6 Å². The predicted octanol–water partition coefficient (Wildman–Crippen LogP) is 4.74. The first kappa shape index (κ1) is 62.5. The largest absolute Gasteiger partial charge is 3.00 e. The Kier molecular flexibility index (Phi) is 21.2. The number of aliphatic carboxylic acids is 3. The average molecular weight is 1270 g/mol. The minimum Gasteiger partial charge on any atom is -0.542 e. The van der Waals surface area contributed by atoms with Gasteiger partial charge in [0, 0.05) is 53.5 Å². The summed E-state index contributed by atoms with van der Waals surface area (Å²) >= 11 is 0. The monoisotopic (exact) mass is 1270 g/mol. The maximum Gasteiger partial charge on any atom is 3.00 e. The molecule has 18 heteroatoms. The number of hydrogen-bond donors (Lipinski definition) is 3. The second kappa shape index (κ2) is 27.5. The molecule has 81 heavy (non-hydrogen) atoms. The minimum absolute atomic E-state index is 0. The summed E-state index contributed by atoms with van der Waals surface area (Å²) in [6.45, 7) is 11.3. The first-order valence-corrected chi connectivity index (χ1v) is 25.1. The van der Waals surface area contributed by atoms with Crippen molar-refractivity contribution in [2.45, 2.75) is 59.3 Å². The number of para-hydroxylation sites is 2. The summed E-state index contributed by atoms with van der Waals surface area (Å²) in [5.41, 5.74) is 17.6. The van der Waals surface area contributed by atoms with Crippen molar-refractivity contribution < 1.29 is 78.6 Å². The Hall–Kier alpha value is -9.38. The van der Waals surface area contributed by atoms with Crippen LogP contribution in [-0.2, 0) is 74.1 Å². The maximum absolute atomic E-state index is 10.2. The Bertz CT molecular complexity index is 3460. The zero-order valence-electron chi connectivity index (χ0n) is 45.3. The number of carboxylic acids is 3. The molecular formula is C63H56IrN5O12. The number of pyridine rings is 2. The number of fused-ring (bicyclic) bond motifs is 8. The summed E-state index contributed by atoms with van der Waals surface area (Å²) in [4.78, 5) is 99.6. The van der Waals surface area contributed by atoms with Crippen LogP contribution in [0.1, 0.15) is 70.7 Å². The van der Waals surface area contributed by atoms with E-state index >= 15 is 0 Å². The van der Waals surface area contributed by atoms with Crippen LogP contribution >= 0.6 is 0 Å². The molecule has 0 bridgehead atoms. The SMILES string of the molecule is CC(=O)NCC(=O)C(=O)[O-].CC(=O)NCC(=O)C(=O)[O-].CC(=O)NCC(=O)C(=O)[O-].CC1(C)c2ccccc2-c2ccc(-c3ccc4ccccc4n3)cc21.CC1(C)c2ccccc2-c2ccc(-c3ccc4ccccc4n3)cc21.[Ir+3]. The third-order valence-electron chi connectivity index (χ3n) is 13.1. The first-order valence-electron chi connectivity index (χ1n) is 25.1. The molecular weight excluding hydrogens is 1210 g/mol. The molecule has 2 aliphatic carbocycles. The summed E-state index contributed by atoms with van der Waals surface area (Å²) in [5.74, 6) is -10.1. The molecule has 8 aromatic rings. The normalized spacial score (nSPS) is 12.0. The maximum atomic E-state index is 10.2. The molecule has 6 aromatic carbocycles.